The molecule has 4 nitrogen and oxygen atoms in total. The lowest BCUT2D eigenvalue weighted by molar-refractivity contribution is -0.159. The molecule has 116 valence electrons. The lowest BCUT2D eigenvalue weighted by Gasteiger charge is -2.29. The Kier molecular flexibility index (Phi) is 4.93. The van der Waals surface area contributed by atoms with Crippen LogP contribution in [0.15, 0.2) is 24.3 Å². The molecule has 0 aromatic heterocycles. The van der Waals surface area contributed by atoms with Crippen LogP contribution in [0.5, 0.6) is 0 Å². The Morgan fingerprint density at radius 2 is 1.95 bits per heavy atom. The van der Waals surface area contributed by atoms with Gasteiger partial charge >= 0.3 is 12.3 Å². The first-order valence-electron chi connectivity index (χ1n) is 6.79. The molecule has 0 radical (unpaired) electrons. The van der Waals surface area contributed by atoms with Gasteiger partial charge in [0.25, 0.3) is 0 Å². The maximum atomic E-state index is 12.0. The first kappa shape index (κ1) is 15.5. The van der Waals surface area contributed by atoms with Gasteiger partial charge < -0.3 is 9.64 Å². The minimum absolute atomic E-state index is 0.422. The number of anilines is 2. The van der Waals surface area contributed by atoms with Crippen LogP contribution in [0, 0.1) is 0 Å². The fourth-order valence-electron chi connectivity index (χ4n) is 2.23. The van der Waals surface area contributed by atoms with Crippen LogP contribution < -0.4 is 10.2 Å². The maximum Gasteiger partial charge on any atom is 0.422 e. The summed E-state index contributed by atoms with van der Waals surface area (Å²) in [6.07, 6.45) is -2.19. The molecule has 1 saturated heterocycles. The molecule has 1 amide bonds. The number of amides is 1. The molecule has 0 atom stereocenters. The third-order valence-electron chi connectivity index (χ3n) is 3.18. The standard InChI is InChI=1S/C14H17F3N2O2/c15-14(16,17)10-21-13(20)18-11-5-4-6-12(9-11)19-7-2-1-3-8-19/h4-6,9H,1-3,7-8,10H2,(H,18,20). The molecule has 0 spiro atoms. The maximum absolute atomic E-state index is 12.0. The van der Waals surface area contributed by atoms with Gasteiger partial charge in [-0.05, 0) is 37.5 Å². The summed E-state index contributed by atoms with van der Waals surface area (Å²) in [7, 11) is 0. The van der Waals surface area contributed by atoms with E-state index in [1.54, 1.807) is 18.2 Å². The number of piperidine rings is 1. The van der Waals surface area contributed by atoms with Gasteiger partial charge in [0.15, 0.2) is 6.61 Å². The third-order valence-corrected chi connectivity index (χ3v) is 3.18. The van der Waals surface area contributed by atoms with Gasteiger partial charge in [-0.3, -0.25) is 5.32 Å². The quantitative estimate of drug-likeness (QED) is 0.923. The summed E-state index contributed by atoms with van der Waals surface area (Å²) in [5.74, 6) is 0. The molecule has 1 N–H and O–H groups in total. The predicted octanol–water partition coefficient (Wildman–Crippen LogP) is 3.79. The van der Waals surface area contributed by atoms with Crippen molar-refractivity contribution in [2.24, 2.45) is 0 Å². The average molecular weight is 302 g/mol. The van der Waals surface area contributed by atoms with E-state index in [0.717, 1.165) is 31.6 Å². The predicted molar refractivity (Wildman–Crippen MR) is 73.5 cm³/mol. The number of nitrogens with one attached hydrogen (secondary N) is 1. The molecule has 7 heteroatoms. The Morgan fingerprint density at radius 3 is 2.62 bits per heavy atom. The van der Waals surface area contributed by atoms with Crippen molar-refractivity contribution in [3.63, 3.8) is 0 Å². The van der Waals surface area contributed by atoms with Crippen LogP contribution in [0.4, 0.5) is 29.3 Å². The smallest absolute Gasteiger partial charge is 0.422 e. The molecular weight excluding hydrogens is 285 g/mol. The Balaban J connectivity index is 1.92. The van der Waals surface area contributed by atoms with Crippen LogP contribution in [0.3, 0.4) is 0 Å². The Labute approximate surface area is 120 Å². The second-order valence-corrected chi connectivity index (χ2v) is 4.91. The zero-order valence-electron chi connectivity index (χ0n) is 11.4. The van der Waals surface area contributed by atoms with Gasteiger partial charge in [-0.1, -0.05) is 6.07 Å². The summed E-state index contributed by atoms with van der Waals surface area (Å²) in [6.45, 7) is 0.300. The van der Waals surface area contributed by atoms with Gasteiger partial charge in [0.1, 0.15) is 0 Å². The van der Waals surface area contributed by atoms with Gasteiger partial charge in [0, 0.05) is 24.5 Å². The first-order chi connectivity index (χ1) is 9.94. The molecule has 1 aliphatic rings. The van der Waals surface area contributed by atoms with Crippen LogP contribution in [0.2, 0.25) is 0 Å². The van der Waals surface area contributed by atoms with E-state index in [1.165, 1.54) is 6.42 Å². The van der Waals surface area contributed by atoms with Crippen LogP contribution in [0.25, 0.3) is 0 Å². The highest BCUT2D eigenvalue weighted by atomic mass is 19.4. The van der Waals surface area contributed by atoms with Crippen molar-refractivity contribution in [1.29, 1.82) is 0 Å². The number of rotatable bonds is 3. The molecule has 1 aromatic rings. The minimum Gasteiger partial charge on any atom is -0.440 e. The Bertz CT molecular complexity index is 485. The molecule has 1 fully saturated rings. The number of ether oxygens (including phenoxy) is 1. The zero-order valence-corrected chi connectivity index (χ0v) is 11.4. The highest BCUT2D eigenvalue weighted by Gasteiger charge is 2.29. The highest BCUT2D eigenvalue weighted by Crippen LogP contribution is 2.23. The van der Waals surface area contributed by atoms with Gasteiger partial charge in [-0.15, -0.1) is 0 Å². The van der Waals surface area contributed by atoms with Gasteiger partial charge in [-0.2, -0.15) is 13.2 Å². The number of hydrogen-bond donors (Lipinski definition) is 1. The zero-order chi connectivity index (χ0) is 15.3. The summed E-state index contributed by atoms with van der Waals surface area (Å²) < 4.78 is 40.0. The number of carbonyl (C=O) groups is 1. The molecule has 0 saturated carbocycles. The molecule has 1 heterocycles. The van der Waals surface area contributed by atoms with Crippen LogP contribution in [-0.4, -0.2) is 32.0 Å². The van der Waals surface area contributed by atoms with E-state index in [-0.39, 0.29) is 0 Å². The molecule has 0 aliphatic carbocycles. The fraction of sp³-hybridized carbons (Fsp3) is 0.500. The Hall–Kier alpha value is -1.92. The van der Waals surface area contributed by atoms with Gasteiger partial charge in [0.2, 0.25) is 0 Å². The second-order valence-electron chi connectivity index (χ2n) is 4.91. The highest BCUT2D eigenvalue weighted by molar-refractivity contribution is 5.85. The van der Waals surface area contributed by atoms with Crippen molar-refractivity contribution in [2.75, 3.05) is 29.9 Å². The minimum atomic E-state index is -4.52. The summed E-state index contributed by atoms with van der Waals surface area (Å²) >= 11 is 0. The summed E-state index contributed by atoms with van der Waals surface area (Å²) in [5.41, 5.74) is 1.37. The van der Waals surface area contributed by atoms with Crippen LogP contribution in [0.1, 0.15) is 19.3 Å². The lowest BCUT2D eigenvalue weighted by Crippen LogP contribution is -2.29. The van der Waals surface area contributed by atoms with Crippen LogP contribution >= 0.6 is 0 Å². The fourth-order valence-corrected chi connectivity index (χ4v) is 2.23. The number of carbonyl (C=O) groups excluding carboxylic acids is 1. The van der Waals surface area contributed by atoms with Crippen molar-refractivity contribution < 1.29 is 22.7 Å². The molecule has 0 bridgehead atoms. The molecule has 2 rings (SSSR count). The van der Waals surface area contributed by atoms with Crippen molar-refractivity contribution >= 4 is 17.5 Å². The largest absolute Gasteiger partial charge is 0.440 e. The molecule has 1 aromatic carbocycles. The normalized spacial score (nSPS) is 15.7. The summed E-state index contributed by atoms with van der Waals surface area (Å²) in [6, 6.07) is 7.02. The molecule has 0 unspecified atom stereocenters. The van der Waals surface area contributed by atoms with E-state index in [4.69, 9.17) is 0 Å². The summed E-state index contributed by atoms with van der Waals surface area (Å²) in [5, 5.41) is 2.31. The van der Waals surface area contributed by atoms with E-state index < -0.39 is 18.9 Å². The van der Waals surface area contributed by atoms with E-state index in [0.29, 0.717) is 5.69 Å². The number of hydrogen-bond acceptors (Lipinski definition) is 3. The average Bonchev–Trinajstić information content (AvgIpc) is 2.46. The third kappa shape index (κ3) is 5.17. The summed E-state index contributed by atoms with van der Waals surface area (Å²) in [4.78, 5) is 13.5. The van der Waals surface area contributed by atoms with Crippen molar-refractivity contribution in [3.8, 4) is 0 Å². The number of halogens is 3. The van der Waals surface area contributed by atoms with E-state index in [2.05, 4.69) is 15.0 Å². The first-order valence-corrected chi connectivity index (χ1v) is 6.79. The van der Waals surface area contributed by atoms with E-state index >= 15 is 0 Å². The topological polar surface area (TPSA) is 41.6 Å². The van der Waals surface area contributed by atoms with Crippen LogP contribution in [-0.2, 0) is 4.74 Å². The van der Waals surface area contributed by atoms with Crippen molar-refractivity contribution in [1.82, 2.24) is 0 Å². The monoisotopic (exact) mass is 302 g/mol. The van der Waals surface area contributed by atoms with Crippen molar-refractivity contribution in [2.45, 2.75) is 25.4 Å². The van der Waals surface area contributed by atoms with E-state index in [1.807, 2.05) is 6.07 Å². The SMILES string of the molecule is O=C(Nc1cccc(N2CCCCC2)c1)OCC(F)(F)F. The second kappa shape index (κ2) is 6.69. The molecule has 1 aliphatic heterocycles. The van der Waals surface area contributed by atoms with Crippen molar-refractivity contribution in [3.05, 3.63) is 24.3 Å². The van der Waals surface area contributed by atoms with Gasteiger partial charge in [-0.25, -0.2) is 4.79 Å². The number of benzene rings is 1. The molecular formula is C14H17F3N2O2. The van der Waals surface area contributed by atoms with Gasteiger partial charge in [0.05, 0.1) is 0 Å². The van der Waals surface area contributed by atoms with E-state index in [9.17, 15) is 18.0 Å². The number of nitrogens with zero attached hydrogens (tertiary/aromatic N) is 1. The Morgan fingerprint density at radius 1 is 1.24 bits per heavy atom. The number of alkyl halides is 3. The molecule has 21 heavy (non-hydrogen) atoms. The lowest BCUT2D eigenvalue weighted by atomic mass is 10.1.